The average Bonchev–Trinajstić information content (AvgIpc) is 2.53. The molecule has 0 saturated carbocycles. The average molecular weight is 346 g/mol. The van der Waals surface area contributed by atoms with E-state index < -0.39 is 10.0 Å². The number of rotatable bonds is 6. The summed E-state index contributed by atoms with van der Waals surface area (Å²) < 4.78 is 25.0. The van der Waals surface area contributed by atoms with Gasteiger partial charge in [-0.25, -0.2) is 8.42 Å². The number of anilines is 1. The van der Waals surface area contributed by atoms with Crippen LogP contribution in [-0.2, 0) is 10.0 Å². The van der Waals surface area contributed by atoms with Crippen LogP contribution >= 0.6 is 0 Å². The van der Waals surface area contributed by atoms with Crippen LogP contribution in [0, 0.1) is 6.92 Å². The molecule has 0 fully saturated rings. The van der Waals surface area contributed by atoms with Crippen molar-refractivity contribution in [2.24, 2.45) is 0 Å². The van der Waals surface area contributed by atoms with Gasteiger partial charge in [0.2, 0.25) is 10.0 Å². The molecule has 24 heavy (non-hydrogen) atoms. The van der Waals surface area contributed by atoms with Crippen LogP contribution in [0.2, 0.25) is 0 Å². The Hall–Kier alpha value is -2.34. The van der Waals surface area contributed by atoms with Crippen LogP contribution in [0.15, 0.2) is 48.5 Å². The van der Waals surface area contributed by atoms with Gasteiger partial charge in [-0.05, 0) is 42.2 Å². The highest BCUT2D eigenvalue weighted by Gasteiger charge is 2.12. The zero-order valence-electron chi connectivity index (χ0n) is 14.0. The summed E-state index contributed by atoms with van der Waals surface area (Å²) in [6.07, 6.45) is 1.10. The standard InChI is InChI=1S/C18H22N2O3S/c1-13-11-16(9-10-17(13)20-24(3,22)23)18(21)19-12-14(2)15-7-5-4-6-8-15/h4-11,14,20H,12H2,1-3H3,(H,19,21)/t14-/m0/s1. The summed E-state index contributed by atoms with van der Waals surface area (Å²) in [5.74, 6) is 0.0363. The predicted molar refractivity (Wildman–Crippen MR) is 96.8 cm³/mol. The molecule has 5 nitrogen and oxygen atoms in total. The van der Waals surface area contributed by atoms with Crippen LogP contribution in [0.4, 0.5) is 5.69 Å². The van der Waals surface area contributed by atoms with Gasteiger partial charge in [0.15, 0.2) is 0 Å². The normalized spacial score (nSPS) is 12.5. The van der Waals surface area contributed by atoms with Gasteiger partial charge in [-0.2, -0.15) is 0 Å². The van der Waals surface area contributed by atoms with E-state index in [0.717, 1.165) is 6.26 Å². The molecule has 2 N–H and O–H groups in total. The van der Waals surface area contributed by atoms with Crippen LogP contribution in [0.5, 0.6) is 0 Å². The van der Waals surface area contributed by atoms with E-state index in [0.29, 0.717) is 23.4 Å². The summed E-state index contributed by atoms with van der Waals surface area (Å²) in [5.41, 5.74) is 2.85. The summed E-state index contributed by atoms with van der Waals surface area (Å²) in [5, 5.41) is 2.91. The third kappa shape index (κ3) is 5.09. The first-order chi connectivity index (χ1) is 11.3. The van der Waals surface area contributed by atoms with Crippen molar-refractivity contribution < 1.29 is 13.2 Å². The van der Waals surface area contributed by atoms with Crippen LogP contribution < -0.4 is 10.0 Å². The van der Waals surface area contributed by atoms with Gasteiger partial charge in [-0.3, -0.25) is 9.52 Å². The molecule has 0 heterocycles. The van der Waals surface area contributed by atoms with Crippen molar-refractivity contribution >= 4 is 21.6 Å². The molecular weight excluding hydrogens is 324 g/mol. The molecular formula is C18H22N2O3S. The fraction of sp³-hybridized carbons (Fsp3) is 0.278. The Morgan fingerprint density at radius 2 is 1.79 bits per heavy atom. The Balaban J connectivity index is 2.01. The third-order valence-corrected chi connectivity index (χ3v) is 4.31. The van der Waals surface area contributed by atoms with Crippen molar-refractivity contribution in [2.45, 2.75) is 19.8 Å². The Kier molecular flexibility index (Phi) is 5.62. The maximum Gasteiger partial charge on any atom is 0.251 e. The van der Waals surface area contributed by atoms with Crippen molar-refractivity contribution in [3.8, 4) is 0 Å². The van der Waals surface area contributed by atoms with Gasteiger partial charge < -0.3 is 5.32 Å². The molecule has 0 saturated heterocycles. The second-order valence-corrected chi connectivity index (χ2v) is 7.67. The van der Waals surface area contributed by atoms with E-state index in [9.17, 15) is 13.2 Å². The molecule has 1 amide bonds. The lowest BCUT2D eigenvalue weighted by Crippen LogP contribution is -2.27. The summed E-state index contributed by atoms with van der Waals surface area (Å²) in [6, 6.07) is 14.9. The second kappa shape index (κ2) is 7.49. The highest BCUT2D eigenvalue weighted by molar-refractivity contribution is 7.92. The lowest BCUT2D eigenvalue weighted by molar-refractivity contribution is 0.0951. The Bertz CT molecular complexity index is 817. The number of nitrogens with one attached hydrogen (secondary N) is 2. The molecule has 0 bridgehead atoms. The zero-order valence-corrected chi connectivity index (χ0v) is 14.9. The van der Waals surface area contributed by atoms with Gasteiger partial charge in [0, 0.05) is 12.1 Å². The maximum atomic E-state index is 12.3. The van der Waals surface area contributed by atoms with E-state index in [2.05, 4.69) is 17.0 Å². The third-order valence-electron chi connectivity index (χ3n) is 3.72. The Morgan fingerprint density at radius 1 is 1.12 bits per heavy atom. The molecule has 0 radical (unpaired) electrons. The molecule has 2 aromatic rings. The number of hydrogen-bond acceptors (Lipinski definition) is 3. The molecule has 0 aliphatic rings. The number of amides is 1. The van der Waals surface area contributed by atoms with Gasteiger partial charge in [0.05, 0.1) is 11.9 Å². The van der Waals surface area contributed by atoms with Crippen molar-refractivity contribution in [3.05, 3.63) is 65.2 Å². The number of sulfonamides is 1. The fourth-order valence-electron chi connectivity index (χ4n) is 2.37. The first-order valence-electron chi connectivity index (χ1n) is 7.68. The van der Waals surface area contributed by atoms with Crippen molar-refractivity contribution in [2.75, 3.05) is 17.5 Å². The van der Waals surface area contributed by atoms with Crippen molar-refractivity contribution in [1.82, 2.24) is 5.32 Å². The fourth-order valence-corrected chi connectivity index (χ4v) is 2.99. The Morgan fingerprint density at radius 3 is 2.38 bits per heavy atom. The van der Waals surface area contributed by atoms with Crippen LogP contribution in [0.25, 0.3) is 0 Å². The molecule has 6 heteroatoms. The molecule has 2 rings (SSSR count). The van der Waals surface area contributed by atoms with Crippen molar-refractivity contribution in [3.63, 3.8) is 0 Å². The van der Waals surface area contributed by atoms with Gasteiger partial charge in [0.25, 0.3) is 5.91 Å². The second-order valence-electron chi connectivity index (χ2n) is 5.93. The summed E-state index contributed by atoms with van der Waals surface area (Å²) in [6.45, 7) is 4.35. The molecule has 0 unspecified atom stereocenters. The van der Waals surface area contributed by atoms with Gasteiger partial charge in [-0.15, -0.1) is 0 Å². The minimum absolute atomic E-state index is 0.174. The highest BCUT2D eigenvalue weighted by Crippen LogP contribution is 2.18. The monoisotopic (exact) mass is 346 g/mol. The summed E-state index contributed by atoms with van der Waals surface area (Å²) in [7, 11) is -3.34. The molecule has 128 valence electrons. The smallest absolute Gasteiger partial charge is 0.251 e. The Labute approximate surface area is 143 Å². The topological polar surface area (TPSA) is 75.3 Å². The van der Waals surface area contributed by atoms with Crippen LogP contribution in [0.3, 0.4) is 0 Å². The minimum atomic E-state index is -3.34. The van der Waals surface area contributed by atoms with Gasteiger partial charge in [0.1, 0.15) is 0 Å². The number of benzene rings is 2. The van der Waals surface area contributed by atoms with Crippen molar-refractivity contribution in [1.29, 1.82) is 0 Å². The SMILES string of the molecule is Cc1cc(C(=O)NC[C@H](C)c2ccccc2)ccc1NS(C)(=O)=O. The molecule has 0 aliphatic carbocycles. The number of carbonyl (C=O) groups excluding carboxylic acids is 1. The first-order valence-corrected chi connectivity index (χ1v) is 9.57. The molecule has 1 atom stereocenters. The molecule has 0 aromatic heterocycles. The maximum absolute atomic E-state index is 12.3. The molecule has 0 spiro atoms. The lowest BCUT2D eigenvalue weighted by atomic mass is 10.0. The minimum Gasteiger partial charge on any atom is -0.351 e. The number of carbonyl (C=O) groups is 1. The van der Waals surface area contributed by atoms with E-state index in [1.807, 2.05) is 30.3 Å². The summed E-state index contributed by atoms with van der Waals surface area (Å²) >= 11 is 0. The first kappa shape index (κ1) is 18.0. The van der Waals surface area contributed by atoms with Crippen LogP contribution in [-0.4, -0.2) is 27.1 Å². The zero-order chi connectivity index (χ0) is 17.7. The lowest BCUT2D eigenvalue weighted by Gasteiger charge is -2.14. The van der Waals surface area contributed by atoms with E-state index in [1.54, 1.807) is 25.1 Å². The quantitative estimate of drug-likeness (QED) is 0.844. The molecule has 0 aliphatic heterocycles. The van der Waals surface area contributed by atoms with E-state index in [4.69, 9.17) is 0 Å². The summed E-state index contributed by atoms with van der Waals surface area (Å²) in [4.78, 5) is 12.3. The molecule has 2 aromatic carbocycles. The predicted octanol–water partition coefficient (Wildman–Crippen LogP) is 2.90. The van der Waals surface area contributed by atoms with Gasteiger partial charge >= 0.3 is 0 Å². The number of hydrogen-bond donors (Lipinski definition) is 2. The number of aryl methyl sites for hydroxylation is 1. The van der Waals surface area contributed by atoms with E-state index in [-0.39, 0.29) is 11.8 Å². The highest BCUT2D eigenvalue weighted by atomic mass is 32.2. The van der Waals surface area contributed by atoms with Gasteiger partial charge in [-0.1, -0.05) is 37.3 Å². The van der Waals surface area contributed by atoms with E-state index in [1.165, 1.54) is 5.56 Å². The van der Waals surface area contributed by atoms with E-state index >= 15 is 0 Å². The van der Waals surface area contributed by atoms with Crippen LogP contribution in [0.1, 0.15) is 34.3 Å². The largest absolute Gasteiger partial charge is 0.351 e.